The summed E-state index contributed by atoms with van der Waals surface area (Å²) in [6, 6.07) is 17.7. The van der Waals surface area contributed by atoms with Gasteiger partial charge in [0.2, 0.25) is 0 Å². The van der Waals surface area contributed by atoms with Crippen molar-refractivity contribution in [3.63, 3.8) is 0 Å². The fraction of sp³-hybridized carbons (Fsp3) is 0.222. The second-order valence-electron chi connectivity index (χ2n) is 5.79. The van der Waals surface area contributed by atoms with Gasteiger partial charge in [0.1, 0.15) is 6.23 Å². The summed E-state index contributed by atoms with van der Waals surface area (Å²) in [6.45, 7) is 0.811. The molecule has 8 heteroatoms. The molecule has 2 atom stereocenters. The molecule has 1 aliphatic rings. The Balaban J connectivity index is 1.37. The molecule has 4 rings (SSSR count). The molecule has 0 amide bonds. The van der Waals surface area contributed by atoms with Crippen LogP contribution in [0.5, 0.6) is 0 Å². The van der Waals surface area contributed by atoms with Crippen LogP contribution in [0.4, 0.5) is 0 Å². The smallest absolute Gasteiger partial charge is 0.184 e. The highest BCUT2D eigenvalue weighted by Gasteiger charge is 2.26. The highest BCUT2D eigenvalue weighted by Crippen LogP contribution is 2.29. The average Bonchev–Trinajstić information content (AvgIpc) is 3.28. The van der Waals surface area contributed by atoms with Gasteiger partial charge in [-0.05, 0) is 42.0 Å². The lowest BCUT2D eigenvalue weighted by atomic mass is 10.2. The normalized spacial score (nSPS) is 19.7. The third-order valence-corrected chi connectivity index (χ3v) is 6.70. The molecule has 1 fully saturated rings. The molecule has 1 aliphatic heterocycles. The molecule has 0 radical (unpaired) electrons. The molecule has 0 bridgehead atoms. The van der Waals surface area contributed by atoms with Gasteiger partial charge in [-0.1, -0.05) is 65.0 Å². The van der Waals surface area contributed by atoms with Crippen LogP contribution in [0.2, 0.25) is 5.02 Å². The quantitative estimate of drug-likeness (QED) is 0.458. The molecule has 3 aromatic rings. The van der Waals surface area contributed by atoms with E-state index in [1.807, 2.05) is 59.3 Å². The predicted molar refractivity (Wildman–Crippen MR) is 110 cm³/mol. The Hall–Kier alpha value is -1.22. The zero-order chi connectivity index (χ0) is 17.9. The maximum absolute atomic E-state index is 6.10. The third kappa shape index (κ3) is 4.19. The highest BCUT2D eigenvalue weighted by atomic mass is 35.5. The lowest BCUT2D eigenvalue weighted by molar-refractivity contribution is 0.0535. The maximum Gasteiger partial charge on any atom is 0.184 e. The molecule has 2 aromatic carbocycles. The van der Waals surface area contributed by atoms with Crippen LogP contribution in [0.15, 0.2) is 58.9 Å². The number of nitrogens with one attached hydrogen (secondary N) is 1. The summed E-state index contributed by atoms with van der Waals surface area (Å²) >= 11 is 14.6. The summed E-state index contributed by atoms with van der Waals surface area (Å²) in [5.41, 5.74) is 2.08. The summed E-state index contributed by atoms with van der Waals surface area (Å²) < 4.78 is 9.62. The summed E-state index contributed by atoms with van der Waals surface area (Å²) in [5, 5.41) is 8.76. The first-order valence-electron chi connectivity index (χ1n) is 8.12. The first kappa shape index (κ1) is 18.2. The molecule has 1 saturated heterocycles. The highest BCUT2D eigenvalue weighted by molar-refractivity contribution is 8.01. The van der Waals surface area contributed by atoms with Gasteiger partial charge < -0.3 is 4.74 Å². The molecule has 2 heterocycles. The molecule has 4 nitrogen and oxygen atoms in total. The van der Waals surface area contributed by atoms with Crippen LogP contribution in [0.3, 0.4) is 0 Å². The van der Waals surface area contributed by atoms with E-state index in [2.05, 4.69) is 10.4 Å². The molecule has 1 aromatic heterocycles. The van der Waals surface area contributed by atoms with Gasteiger partial charge in [0.15, 0.2) is 8.29 Å². The molecule has 134 valence electrons. The SMILES string of the molecule is S=c1sc(SC[C@H]2CN[C@@H](c3ccc(Cl)cc3)O2)nn1-c1ccccc1. The summed E-state index contributed by atoms with van der Waals surface area (Å²) in [6.07, 6.45) is 0.0428. The Morgan fingerprint density at radius 2 is 2.00 bits per heavy atom. The van der Waals surface area contributed by atoms with Crippen molar-refractivity contribution in [2.45, 2.75) is 16.7 Å². The maximum atomic E-state index is 6.10. The van der Waals surface area contributed by atoms with Crippen LogP contribution in [0.25, 0.3) is 5.69 Å². The topological polar surface area (TPSA) is 39.1 Å². The van der Waals surface area contributed by atoms with Crippen LogP contribution >= 0.6 is 46.9 Å². The first-order chi connectivity index (χ1) is 12.7. The number of benzene rings is 2. The Bertz CT molecular complexity index is 927. The standard InChI is InChI=1S/C18H16ClN3OS3/c19-13-8-6-12(7-9-13)16-20-10-15(23-16)11-25-17-21-22(18(24)26-17)14-4-2-1-3-5-14/h1-9,15-16,20H,10-11H2/t15-,16-/m1/s1. The zero-order valence-electron chi connectivity index (χ0n) is 13.7. The van der Waals surface area contributed by atoms with Crippen LogP contribution in [0.1, 0.15) is 11.8 Å². The van der Waals surface area contributed by atoms with Crippen LogP contribution in [0, 0.1) is 3.95 Å². The number of hydrogen-bond acceptors (Lipinski definition) is 6. The Labute approximate surface area is 170 Å². The summed E-state index contributed by atoms with van der Waals surface area (Å²) in [4.78, 5) is 0. The molecule has 0 aliphatic carbocycles. The minimum absolute atomic E-state index is 0.0852. The zero-order valence-corrected chi connectivity index (χ0v) is 16.9. The van der Waals surface area contributed by atoms with Crippen molar-refractivity contribution in [3.05, 3.63) is 69.1 Å². The van der Waals surface area contributed by atoms with Crippen molar-refractivity contribution < 1.29 is 4.74 Å². The van der Waals surface area contributed by atoms with Crippen molar-refractivity contribution in [3.8, 4) is 5.69 Å². The fourth-order valence-corrected chi connectivity index (χ4v) is 5.19. The van der Waals surface area contributed by atoms with Gasteiger partial charge in [0, 0.05) is 17.3 Å². The largest absolute Gasteiger partial charge is 0.354 e. The van der Waals surface area contributed by atoms with E-state index in [-0.39, 0.29) is 12.3 Å². The Morgan fingerprint density at radius 3 is 2.77 bits per heavy atom. The minimum atomic E-state index is -0.0852. The van der Waals surface area contributed by atoms with Gasteiger partial charge in [0.05, 0.1) is 11.8 Å². The van der Waals surface area contributed by atoms with E-state index in [1.165, 1.54) is 11.3 Å². The van der Waals surface area contributed by atoms with Crippen molar-refractivity contribution in [1.29, 1.82) is 0 Å². The molecular weight excluding hydrogens is 406 g/mol. The Morgan fingerprint density at radius 1 is 1.23 bits per heavy atom. The van der Waals surface area contributed by atoms with E-state index in [1.54, 1.807) is 11.8 Å². The number of rotatable bonds is 5. The van der Waals surface area contributed by atoms with Crippen molar-refractivity contribution in [2.75, 3.05) is 12.3 Å². The summed E-state index contributed by atoms with van der Waals surface area (Å²) in [5.74, 6) is 0.828. The van der Waals surface area contributed by atoms with E-state index in [4.69, 9.17) is 28.6 Å². The minimum Gasteiger partial charge on any atom is -0.354 e. The number of para-hydroxylation sites is 1. The van der Waals surface area contributed by atoms with Gasteiger partial charge >= 0.3 is 0 Å². The summed E-state index contributed by atoms with van der Waals surface area (Å²) in [7, 11) is 0. The van der Waals surface area contributed by atoms with Gasteiger partial charge in [-0.25, -0.2) is 4.68 Å². The van der Waals surface area contributed by atoms with Crippen molar-refractivity contribution >= 4 is 46.9 Å². The average molecular weight is 422 g/mol. The second-order valence-corrected chi connectivity index (χ2v) is 9.12. The van der Waals surface area contributed by atoms with E-state index >= 15 is 0 Å². The van der Waals surface area contributed by atoms with Crippen LogP contribution < -0.4 is 5.32 Å². The van der Waals surface area contributed by atoms with Gasteiger partial charge in [-0.2, -0.15) is 0 Å². The fourth-order valence-electron chi connectivity index (χ4n) is 2.68. The lowest BCUT2D eigenvalue weighted by Gasteiger charge is -2.12. The third-order valence-electron chi connectivity index (χ3n) is 3.95. The molecule has 0 spiro atoms. The molecule has 0 saturated carbocycles. The molecule has 1 N–H and O–H groups in total. The van der Waals surface area contributed by atoms with Crippen LogP contribution in [-0.2, 0) is 4.74 Å². The van der Waals surface area contributed by atoms with Crippen LogP contribution in [-0.4, -0.2) is 28.2 Å². The van der Waals surface area contributed by atoms with Crippen molar-refractivity contribution in [2.24, 2.45) is 0 Å². The van der Waals surface area contributed by atoms with Gasteiger partial charge in [0.25, 0.3) is 0 Å². The number of nitrogens with zero attached hydrogens (tertiary/aromatic N) is 2. The van der Waals surface area contributed by atoms with E-state index in [9.17, 15) is 0 Å². The second kappa shape index (κ2) is 8.21. The number of thioether (sulfide) groups is 1. The number of aromatic nitrogens is 2. The van der Waals surface area contributed by atoms with E-state index in [0.717, 1.165) is 36.9 Å². The lowest BCUT2D eigenvalue weighted by Crippen LogP contribution is -2.16. The number of ether oxygens (including phenoxy) is 1. The monoisotopic (exact) mass is 421 g/mol. The van der Waals surface area contributed by atoms with E-state index in [0.29, 0.717) is 0 Å². The molecular formula is C18H16ClN3OS3. The molecule has 0 unspecified atom stereocenters. The van der Waals surface area contributed by atoms with E-state index < -0.39 is 0 Å². The first-order valence-corrected chi connectivity index (χ1v) is 10.7. The molecule has 26 heavy (non-hydrogen) atoms. The predicted octanol–water partition coefficient (Wildman–Crippen LogP) is 5.10. The number of hydrogen-bond donors (Lipinski definition) is 1. The van der Waals surface area contributed by atoms with Crippen molar-refractivity contribution in [1.82, 2.24) is 15.1 Å². The number of halogens is 1. The van der Waals surface area contributed by atoms with Gasteiger partial charge in [-0.15, -0.1) is 5.10 Å². The van der Waals surface area contributed by atoms with Gasteiger partial charge in [-0.3, -0.25) is 5.32 Å². The Kier molecular flexibility index (Phi) is 5.73.